The minimum absolute atomic E-state index is 0.276. The summed E-state index contributed by atoms with van der Waals surface area (Å²) in [6, 6.07) is 4.83. The summed E-state index contributed by atoms with van der Waals surface area (Å²) in [6.07, 6.45) is -2.58. The van der Waals surface area contributed by atoms with Gasteiger partial charge in [0.25, 0.3) is 12.3 Å². The number of halogens is 2. The highest BCUT2D eigenvalue weighted by Gasteiger charge is 2.09. The molecule has 0 aliphatic rings. The summed E-state index contributed by atoms with van der Waals surface area (Å²) in [4.78, 5) is 11.6. The van der Waals surface area contributed by atoms with Crippen molar-refractivity contribution in [1.82, 2.24) is 5.32 Å². The van der Waals surface area contributed by atoms with Crippen LogP contribution in [0.5, 0.6) is 0 Å². The highest BCUT2D eigenvalue weighted by Crippen LogP contribution is 2.09. The molecule has 0 bridgehead atoms. The first-order chi connectivity index (χ1) is 8.52. The van der Waals surface area contributed by atoms with Gasteiger partial charge in [-0.3, -0.25) is 4.79 Å². The predicted octanol–water partition coefficient (Wildman–Crippen LogP) is 1.33. The molecular formula is C13H13F2NO2. The zero-order valence-electron chi connectivity index (χ0n) is 9.84. The fraction of sp³-hybridized carbons (Fsp3) is 0.308. The molecular weight excluding hydrogens is 240 g/mol. The number of aliphatic hydroxyl groups excluding tert-OH is 1. The van der Waals surface area contributed by atoms with E-state index in [1.165, 1.54) is 6.07 Å². The average molecular weight is 253 g/mol. The molecule has 0 aliphatic heterocycles. The van der Waals surface area contributed by atoms with E-state index in [2.05, 4.69) is 17.2 Å². The SMILES string of the molecule is Cc1cc(C#CCO)cc(C(=O)NCC(F)F)c1. The van der Waals surface area contributed by atoms with Crippen LogP contribution >= 0.6 is 0 Å². The van der Waals surface area contributed by atoms with Crippen LogP contribution in [0, 0.1) is 18.8 Å². The first-order valence-corrected chi connectivity index (χ1v) is 5.30. The normalized spacial score (nSPS) is 9.83. The maximum atomic E-state index is 12.0. The van der Waals surface area contributed by atoms with Gasteiger partial charge in [-0.15, -0.1) is 0 Å². The van der Waals surface area contributed by atoms with E-state index in [4.69, 9.17) is 5.11 Å². The fourth-order valence-corrected chi connectivity index (χ4v) is 1.40. The highest BCUT2D eigenvalue weighted by molar-refractivity contribution is 5.94. The Hall–Kier alpha value is -1.93. The van der Waals surface area contributed by atoms with Crippen LogP contribution in [0.15, 0.2) is 18.2 Å². The van der Waals surface area contributed by atoms with E-state index in [0.29, 0.717) is 5.56 Å². The lowest BCUT2D eigenvalue weighted by atomic mass is 10.1. The Kier molecular flexibility index (Phi) is 5.28. The maximum absolute atomic E-state index is 12.0. The molecule has 0 saturated heterocycles. The summed E-state index contributed by atoms with van der Waals surface area (Å²) in [7, 11) is 0. The van der Waals surface area contributed by atoms with Gasteiger partial charge >= 0.3 is 0 Å². The molecule has 0 fully saturated rings. The minimum atomic E-state index is -2.58. The van der Waals surface area contributed by atoms with Gasteiger partial charge in [0.05, 0.1) is 6.54 Å². The second-order valence-electron chi connectivity index (χ2n) is 3.65. The molecule has 0 aromatic heterocycles. The van der Waals surface area contributed by atoms with E-state index in [1.807, 2.05) is 0 Å². The van der Waals surface area contributed by atoms with Gasteiger partial charge in [-0.2, -0.15) is 0 Å². The number of carbonyl (C=O) groups is 1. The molecule has 1 amide bonds. The molecule has 2 N–H and O–H groups in total. The van der Waals surface area contributed by atoms with Crippen molar-refractivity contribution in [3.63, 3.8) is 0 Å². The Labute approximate surface area is 104 Å². The quantitative estimate of drug-likeness (QED) is 0.798. The Balaban J connectivity index is 2.88. The van der Waals surface area contributed by atoms with Crippen LogP contribution in [-0.2, 0) is 0 Å². The lowest BCUT2D eigenvalue weighted by molar-refractivity contribution is 0.0891. The molecule has 1 rings (SSSR count). The zero-order chi connectivity index (χ0) is 13.5. The number of hydrogen-bond donors (Lipinski definition) is 2. The summed E-state index contributed by atoms with van der Waals surface area (Å²) < 4.78 is 23.9. The largest absolute Gasteiger partial charge is 0.384 e. The van der Waals surface area contributed by atoms with Crippen molar-refractivity contribution >= 4 is 5.91 Å². The molecule has 3 nitrogen and oxygen atoms in total. The van der Waals surface area contributed by atoms with Crippen LogP contribution in [-0.4, -0.2) is 30.6 Å². The first kappa shape index (κ1) is 14.1. The maximum Gasteiger partial charge on any atom is 0.255 e. The van der Waals surface area contributed by atoms with Gasteiger partial charge in [0.1, 0.15) is 6.61 Å². The third-order valence-corrected chi connectivity index (χ3v) is 2.07. The summed E-state index contributed by atoms with van der Waals surface area (Å²) in [6.45, 7) is 0.819. The number of hydrogen-bond acceptors (Lipinski definition) is 2. The monoisotopic (exact) mass is 253 g/mol. The van der Waals surface area contributed by atoms with E-state index < -0.39 is 18.9 Å². The lowest BCUT2D eigenvalue weighted by Crippen LogP contribution is -2.28. The van der Waals surface area contributed by atoms with Gasteiger partial charge in [0.2, 0.25) is 0 Å². The molecule has 1 aromatic rings. The molecule has 0 radical (unpaired) electrons. The molecule has 0 spiro atoms. The van der Waals surface area contributed by atoms with Gasteiger partial charge in [0.15, 0.2) is 0 Å². The molecule has 0 aliphatic carbocycles. The number of aryl methyl sites for hydroxylation is 1. The van der Waals surface area contributed by atoms with Crippen molar-refractivity contribution in [2.75, 3.05) is 13.2 Å². The fourth-order valence-electron chi connectivity index (χ4n) is 1.40. The van der Waals surface area contributed by atoms with Gasteiger partial charge in [-0.1, -0.05) is 11.8 Å². The van der Waals surface area contributed by atoms with E-state index >= 15 is 0 Å². The van der Waals surface area contributed by atoms with Gasteiger partial charge in [-0.05, 0) is 30.7 Å². The molecule has 0 saturated carbocycles. The van der Waals surface area contributed by atoms with Gasteiger partial charge in [0, 0.05) is 11.1 Å². The van der Waals surface area contributed by atoms with Crippen molar-refractivity contribution < 1.29 is 18.7 Å². The van der Waals surface area contributed by atoms with E-state index in [0.717, 1.165) is 5.56 Å². The Morgan fingerprint density at radius 1 is 1.44 bits per heavy atom. The second kappa shape index (κ2) is 6.72. The Bertz CT molecular complexity index is 489. The standard InChI is InChI=1S/C13H13F2NO2/c1-9-5-10(3-2-4-17)7-11(6-9)13(18)16-8-12(14)15/h5-7,12,17H,4,8H2,1H3,(H,16,18). The number of aliphatic hydroxyl groups is 1. The third kappa shape index (κ3) is 4.52. The average Bonchev–Trinajstić information content (AvgIpc) is 2.32. The highest BCUT2D eigenvalue weighted by atomic mass is 19.3. The summed E-state index contributed by atoms with van der Waals surface area (Å²) in [5.41, 5.74) is 1.63. The summed E-state index contributed by atoms with van der Waals surface area (Å²) in [5, 5.41) is 10.7. The van der Waals surface area contributed by atoms with Crippen molar-refractivity contribution in [3.8, 4) is 11.8 Å². The van der Waals surface area contributed by atoms with E-state index in [-0.39, 0.29) is 12.2 Å². The molecule has 1 aromatic carbocycles. The molecule has 0 atom stereocenters. The molecule has 18 heavy (non-hydrogen) atoms. The van der Waals surface area contributed by atoms with Crippen LogP contribution in [0.25, 0.3) is 0 Å². The molecule has 5 heteroatoms. The van der Waals surface area contributed by atoms with Gasteiger partial charge in [-0.25, -0.2) is 8.78 Å². The number of carbonyl (C=O) groups excluding carboxylic acids is 1. The first-order valence-electron chi connectivity index (χ1n) is 5.30. The summed E-state index contributed by atoms with van der Waals surface area (Å²) in [5.74, 6) is 4.57. The van der Waals surface area contributed by atoms with Crippen LogP contribution in [0.3, 0.4) is 0 Å². The van der Waals surface area contributed by atoms with Crippen molar-refractivity contribution in [1.29, 1.82) is 0 Å². The van der Waals surface area contributed by atoms with Crippen molar-refractivity contribution in [2.45, 2.75) is 13.3 Å². The third-order valence-electron chi connectivity index (χ3n) is 2.07. The topological polar surface area (TPSA) is 49.3 Å². The number of alkyl halides is 2. The predicted molar refractivity (Wildman–Crippen MR) is 63.5 cm³/mol. The van der Waals surface area contributed by atoms with Crippen LogP contribution in [0.2, 0.25) is 0 Å². The Morgan fingerprint density at radius 2 is 2.17 bits per heavy atom. The molecule has 96 valence electrons. The van der Waals surface area contributed by atoms with E-state index in [1.54, 1.807) is 19.1 Å². The number of rotatable bonds is 3. The van der Waals surface area contributed by atoms with Crippen LogP contribution in [0.4, 0.5) is 8.78 Å². The number of nitrogens with one attached hydrogen (secondary N) is 1. The van der Waals surface area contributed by atoms with Crippen LogP contribution in [0.1, 0.15) is 21.5 Å². The molecule has 0 heterocycles. The van der Waals surface area contributed by atoms with Crippen LogP contribution < -0.4 is 5.32 Å². The second-order valence-corrected chi connectivity index (χ2v) is 3.65. The lowest BCUT2D eigenvalue weighted by Gasteiger charge is -2.06. The number of benzene rings is 1. The minimum Gasteiger partial charge on any atom is -0.384 e. The smallest absolute Gasteiger partial charge is 0.255 e. The van der Waals surface area contributed by atoms with Crippen molar-refractivity contribution in [3.05, 3.63) is 34.9 Å². The molecule has 0 unspecified atom stereocenters. The number of amides is 1. The zero-order valence-corrected chi connectivity index (χ0v) is 9.84. The van der Waals surface area contributed by atoms with Crippen molar-refractivity contribution in [2.24, 2.45) is 0 Å². The van der Waals surface area contributed by atoms with Gasteiger partial charge < -0.3 is 10.4 Å². The van der Waals surface area contributed by atoms with E-state index in [9.17, 15) is 13.6 Å². The summed E-state index contributed by atoms with van der Waals surface area (Å²) >= 11 is 0. The Morgan fingerprint density at radius 3 is 2.78 bits per heavy atom.